The first-order valence-corrected chi connectivity index (χ1v) is 6.19. The molecule has 0 aromatic heterocycles. The average Bonchev–Trinajstić information content (AvgIpc) is 2.48. The summed E-state index contributed by atoms with van der Waals surface area (Å²) in [6.07, 6.45) is 0. The molecule has 2 aromatic rings. The Labute approximate surface area is 125 Å². The van der Waals surface area contributed by atoms with Crippen LogP contribution in [0.2, 0.25) is 0 Å². The van der Waals surface area contributed by atoms with Crippen LogP contribution in [0.25, 0.3) is 0 Å². The number of carbonyl (C=O) groups is 1. The number of nitro groups is 1. The highest BCUT2D eigenvalue weighted by molar-refractivity contribution is 6.05. The zero-order valence-electron chi connectivity index (χ0n) is 11.5. The van der Waals surface area contributed by atoms with Gasteiger partial charge in [0.1, 0.15) is 5.82 Å². The number of amides is 1. The van der Waals surface area contributed by atoms with Crippen molar-refractivity contribution < 1.29 is 14.1 Å². The van der Waals surface area contributed by atoms with E-state index < -0.39 is 16.6 Å². The van der Waals surface area contributed by atoms with Gasteiger partial charge in [-0.15, -0.1) is 0 Å². The van der Waals surface area contributed by atoms with Crippen LogP contribution in [0.4, 0.5) is 15.8 Å². The molecule has 0 saturated carbocycles. The Morgan fingerprint density at radius 2 is 2.09 bits per heavy atom. The third kappa shape index (κ3) is 2.91. The average molecular weight is 299 g/mol. The van der Waals surface area contributed by atoms with E-state index in [1.54, 1.807) is 6.07 Å². The van der Waals surface area contributed by atoms with E-state index in [2.05, 4.69) is 5.32 Å². The minimum absolute atomic E-state index is 0.0978. The van der Waals surface area contributed by atoms with Gasteiger partial charge in [-0.25, -0.2) is 4.39 Å². The summed E-state index contributed by atoms with van der Waals surface area (Å²) in [7, 11) is 0. The Hall–Kier alpha value is -3.27. The molecule has 0 aliphatic heterocycles. The van der Waals surface area contributed by atoms with Crippen LogP contribution in [-0.4, -0.2) is 10.8 Å². The molecule has 0 bridgehead atoms. The Morgan fingerprint density at radius 3 is 2.68 bits per heavy atom. The first-order valence-electron chi connectivity index (χ1n) is 6.19. The van der Waals surface area contributed by atoms with E-state index in [9.17, 15) is 19.3 Å². The van der Waals surface area contributed by atoms with Gasteiger partial charge in [-0.1, -0.05) is 6.07 Å². The summed E-state index contributed by atoms with van der Waals surface area (Å²) in [5.74, 6) is -1.58. The van der Waals surface area contributed by atoms with E-state index in [0.29, 0.717) is 0 Å². The number of anilines is 1. The van der Waals surface area contributed by atoms with Crippen molar-refractivity contribution in [2.75, 3.05) is 5.32 Å². The quantitative estimate of drug-likeness (QED) is 0.695. The Kier molecular flexibility index (Phi) is 4.13. The third-order valence-electron chi connectivity index (χ3n) is 3.09. The highest BCUT2D eigenvalue weighted by Gasteiger charge is 2.17. The molecule has 7 heteroatoms. The first kappa shape index (κ1) is 15.1. The lowest BCUT2D eigenvalue weighted by Gasteiger charge is -2.09. The standard InChI is InChI=1S/C15H10FN3O3/c1-9-13(3-2-4-14(9)19(21)22)18-15(20)11-6-5-10(8-17)7-12(11)16/h2-7H,1H3,(H,18,20). The molecule has 0 aliphatic carbocycles. The normalized spacial score (nSPS) is 9.86. The molecular formula is C15H10FN3O3. The van der Waals surface area contributed by atoms with Crippen molar-refractivity contribution in [1.29, 1.82) is 5.26 Å². The molecule has 0 fully saturated rings. The summed E-state index contributed by atoms with van der Waals surface area (Å²) in [5.41, 5.74) is 0.210. The van der Waals surface area contributed by atoms with Crippen molar-refractivity contribution in [3.63, 3.8) is 0 Å². The summed E-state index contributed by atoms with van der Waals surface area (Å²) in [6, 6.07) is 9.45. The van der Waals surface area contributed by atoms with Gasteiger partial charge in [0.25, 0.3) is 11.6 Å². The molecule has 110 valence electrons. The molecule has 0 saturated heterocycles. The maximum Gasteiger partial charge on any atom is 0.274 e. The van der Waals surface area contributed by atoms with Gasteiger partial charge in [-0.2, -0.15) is 5.26 Å². The van der Waals surface area contributed by atoms with Gasteiger partial charge >= 0.3 is 0 Å². The topological polar surface area (TPSA) is 96.0 Å². The van der Waals surface area contributed by atoms with Crippen LogP contribution < -0.4 is 5.32 Å². The van der Waals surface area contributed by atoms with Gasteiger partial charge in [0.05, 0.1) is 33.4 Å². The van der Waals surface area contributed by atoms with E-state index >= 15 is 0 Å². The maximum atomic E-state index is 13.8. The van der Waals surface area contributed by atoms with Crippen LogP contribution >= 0.6 is 0 Å². The fourth-order valence-corrected chi connectivity index (χ4v) is 1.92. The summed E-state index contributed by atoms with van der Waals surface area (Å²) in [6.45, 7) is 1.49. The molecule has 22 heavy (non-hydrogen) atoms. The predicted molar refractivity (Wildman–Crippen MR) is 76.9 cm³/mol. The van der Waals surface area contributed by atoms with Crippen LogP contribution in [0.5, 0.6) is 0 Å². The summed E-state index contributed by atoms with van der Waals surface area (Å²) >= 11 is 0. The number of carbonyl (C=O) groups excluding carboxylic acids is 1. The highest BCUT2D eigenvalue weighted by atomic mass is 19.1. The van der Waals surface area contributed by atoms with E-state index in [-0.39, 0.29) is 28.1 Å². The van der Waals surface area contributed by atoms with Crippen molar-refractivity contribution in [3.05, 3.63) is 69.0 Å². The lowest BCUT2D eigenvalue weighted by atomic mass is 10.1. The van der Waals surface area contributed by atoms with Crippen molar-refractivity contribution in [2.24, 2.45) is 0 Å². The van der Waals surface area contributed by atoms with Gasteiger partial charge in [0.15, 0.2) is 0 Å². The number of hydrogen-bond donors (Lipinski definition) is 1. The molecule has 0 aliphatic rings. The number of benzene rings is 2. The van der Waals surface area contributed by atoms with Crippen LogP contribution in [-0.2, 0) is 0 Å². The van der Waals surface area contributed by atoms with Gasteiger partial charge in [-0.05, 0) is 31.2 Å². The lowest BCUT2D eigenvalue weighted by molar-refractivity contribution is -0.385. The van der Waals surface area contributed by atoms with Crippen LogP contribution in [0, 0.1) is 34.2 Å². The zero-order valence-corrected chi connectivity index (χ0v) is 11.5. The second-order valence-corrected chi connectivity index (χ2v) is 4.47. The molecule has 0 spiro atoms. The van der Waals surface area contributed by atoms with Crippen molar-refractivity contribution in [2.45, 2.75) is 6.92 Å². The number of nitrogens with one attached hydrogen (secondary N) is 1. The molecule has 2 aromatic carbocycles. The van der Waals surface area contributed by atoms with Crippen molar-refractivity contribution in [1.82, 2.24) is 0 Å². The summed E-state index contributed by atoms with van der Waals surface area (Å²) < 4.78 is 13.8. The number of hydrogen-bond acceptors (Lipinski definition) is 4. The predicted octanol–water partition coefficient (Wildman–Crippen LogP) is 3.17. The Morgan fingerprint density at radius 1 is 1.36 bits per heavy atom. The molecule has 0 heterocycles. The fraction of sp³-hybridized carbons (Fsp3) is 0.0667. The van der Waals surface area contributed by atoms with Gasteiger partial charge < -0.3 is 5.32 Å². The molecule has 0 unspecified atom stereocenters. The van der Waals surface area contributed by atoms with E-state index in [1.165, 1.54) is 37.3 Å². The van der Waals surface area contributed by atoms with Crippen LogP contribution in [0.3, 0.4) is 0 Å². The first-order chi connectivity index (χ1) is 10.4. The second kappa shape index (κ2) is 6.01. The van der Waals surface area contributed by atoms with E-state index in [4.69, 9.17) is 5.26 Å². The van der Waals surface area contributed by atoms with Crippen LogP contribution in [0.1, 0.15) is 21.5 Å². The summed E-state index contributed by atoms with van der Waals surface area (Å²) in [4.78, 5) is 22.4. The van der Waals surface area contributed by atoms with E-state index in [1.807, 2.05) is 0 Å². The molecule has 0 atom stereocenters. The van der Waals surface area contributed by atoms with Gasteiger partial charge in [0.2, 0.25) is 0 Å². The highest BCUT2D eigenvalue weighted by Crippen LogP contribution is 2.25. The molecule has 1 amide bonds. The van der Waals surface area contributed by atoms with Crippen molar-refractivity contribution in [3.8, 4) is 6.07 Å². The minimum atomic E-state index is -0.834. The maximum absolute atomic E-state index is 13.8. The monoisotopic (exact) mass is 299 g/mol. The van der Waals surface area contributed by atoms with Crippen molar-refractivity contribution >= 4 is 17.3 Å². The van der Waals surface area contributed by atoms with Crippen LogP contribution in [0.15, 0.2) is 36.4 Å². The Bertz CT molecular complexity index is 812. The van der Waals surface area contributed by atoms with E-state index in [0.717, 1.165) is 6.07 Å². The SMILES string of the molecule is Cc1c(NC(=O)c2ccc(C#N)cc2F)cccc1[N+](=O)[O-]. The van der Waals surface area contributed by atoms with Gasteiger partial charge in [0, 0.05) is 6.07 Å². The lowest BCUT2D eigenvalue weighted by Crippen LogP contribution is -2.15. The molecule has 2 rings (SSSR count). The number of nitrogens with zero attached hydrogens (tertiary/aromatic N) is 2. The molecule has 6 nitrogen and oxygen atoms in total. The number of rotatable bonds is 3. The fourth-order valence-electron chi connectivity index (χ4n) is 1.92. The molecular weight excluding hydrogens is 289 g/mol. The largest absolute Gasteiger partial charge is 0.321 e. The minimum Gasteiger partial charge on any atom is -0.321 e. The van der Waals surface area contributed by atoms with Gasteiger partial charge in [-0.3, -0.25) is 14.9 Å². The molecule has 1 N–H and O–H groups in total. The number of nitriles is 1. The number of nitro benzene ring substituents is 1. The summed E-state index contributed by atoms with van der Waals surface area (Å²) in [5, 5.41) is 22.0. The Balaban J connectivity index is 2.32. The number of halogens is 1. The second-order valence-electron chi connectivity index (χ2n) is 4.47. The molecule has 0 radical (unpaired) electrons. The third-order valence-corrected chi connectivity index (χ3v) is 3.09. The smallest absolute Gasteiger partial charge is 0.274 e. The zero-order chi connectivity index (χ0) is 16.3.